The van der Waals surface area contributed by atoms with E-state index in [0.717, 1.165) is 0 Å². The first-order valence-corrected chi connectivity index (χ1v) is 5.40. The molecule has 0 spiro atoms. The predicted octanol–water partition coefficient (Wildman–Crippen LogP) is 0.809. The summed E-state index contributed by atoms with van der Waals surface area (Å²) >= 11 is 0. The molecule has 1 unspecified atom stereocenters. The summed E-state index contributed by atoms with van der Waals surface area (Å²) in [6, 6.07) is 4.09. The molecule has 5 nitrogen and oxygen atoms in total. The lowest BCUT2D eigenvalue weighted by Crippen LogP contribution is -2.27. The van der Waals surface area contributed by atoms with Gasteiger partial charge in [-0.05, 0) is 13.0 Å². The number of methoxy groups -OCH3 is 1. The van der Waals surface area contributed by atoms with Crippen molar-refractivity contribution in [3.05, 3.63) is 40.1 Å². The van der Waals surface area contributed by atoms with E-state index in [2.05, 4.69) is 4.98 Å². The molecule has 1 N–H and O–H groups in total. The average Bonchev–Trinajstić information content (AvgIpc) is 2.35. The largest absolute Gasteiger partial charge is 0.366 e. The normalized spacial score (nSPS) is 12.9. The van der Waals surface area contributed by atoms with Gasteiger partial charge < -0.3 is 14.4 Å². The number of aliphatic hydroxyl groups is 1. The fourth-order valence-electron chi connectivity index (χ4n) is 1.71. The highest BCUT2D eigenvalue weighted by Gasteiger charge is 2.11. The van der Waals surface area contributed by atoms with Crippen LogP contribution in [0.5, 0.6) is 0 Å². The van der Waals surface area contributed by atoms with Crippen molar-refractivity contribution in [3.8, 4) is 0 Å². The third-order valence-electron chi connectivity index (χ3n) is 2.71. The van der Waals surface area contributed by atoms with Gasteiger partial charge in [0.2, 0.25) is 0 Å². The maximum Gasteiger partial charge on any atom is 0.251 e. The highest BCUT2D eigenvalue weighted by molar-refractivity contribution is 5.74. The molecule has 0 bridgehead atoms. The first-order chi connectivity index (χ1) is 8.52. The Labute approximate surface area is 102 Å². The molecule has 0 saturated heterocycles. The van der Waals surface area contributed by atoms with Crippen molar-refractivity contribution >= 4 is 11.0 Å². The lowest BCUT2D eigenvalue weighted by Gasteiger charge is -2.13. The molecule has 0 radical (unpaired) electrons. The summed E-state index contributed by atoms with van der Waals surface area (Å²) in [4.78, 5) is 15.8. The number of nitrogens with zero attached hydrogens (tertiary/aromatic N) is 2. The summed E-state index contributed by atoms with van der Waals surface area (Å²) in [5, 5.41) is 9.42. The van der Waals surface area contributed by atoms with Gasteiger partial charge in [0.25, 0.3) is 5.56 Å². The van der Waals surface area contributed by atoms with E-state index in [1.54, 1.807) is 6.92 Å². The first-order valence-electron chi connectivity index (χ1n) is 5.40. The second-order valence-corrected chi connectivity index (χ2v) is 3.93. The summed E-state index contributed by atoms with van der Waals surface area (Å²) in [6.07, 6.45) is -1.13. The van der Waals surface area contributed by atoms with Crippen LogP contribution in [-0.2, 0) is 11.3 Å². The van der Waals surface area contributed by atoms with E-state index in [4.69, 9.17) is 4.74 Å². The second kappa shape index (κ2) is 4.83. The third kappa shape index (κ3) is 2.25. The molecule has 6 heteroatoms. The van der Waals surface area contributed by atoms with Crippen molar-refractivity contribution in [3.63, 3.8) is 0 Å². The molecule has 2 rings (SSSR count). The van der Waals surface area contributed by atoms with E-state index in [1.807, 2.05) is 0 Å². The lowest BCUT2D eigenvalue weighted by atomic mass is 10.2. The van der Waals surface area contributed by atoms with Crippen molar-refractivity contribution in [1.29, 1.82) is 0 Å². The number of aryl methyl sites for hydroxylation is 1. The fourth-order valence-corrected chi connectivity index (χ4v) is 1.71. The van der Waals surface area contributed by atoms with E-state index in [0.29, 0.717) is 11.0 Å². The van der Waals surface area contributed by atoms with E-state index in [9.17, 15) is 14.3 Å². The first kappa shape index (κ1) is 12.7. The highest BCUT2D eigenvalue weighted by atomic mass is 19.1. The zero-order valence-electron chi connectivity index (χ0n) is 10.1. The van der Waals surface area contributed by atoms with E-state index >= 15 is 0 Å². The molecular weight excluding hydrogens is 239 g/mol. The zero-order chi connectivity index (χ0) is 13.3. The fraction of sp³-hybridized carbons (Fsp3) is 0.333. The van der Waals surface area contributed by atoms with Crippen LogP contribution in [0.2, 0.25) is 0 Å². The Bertz CT molecular complexity index is 639. The highest BCUT2D eigenvalue weighted by Crippen LogP contribution is 2.14. The van der Waals surface area contributed by atoms with Gasteiger partial charge in [-0.1, -0.05) is 0 Å². The molecule has 0 aliphatic carbocycles. The van der Waals surface area contributed by atoms with Crippen molar-refractivity contribution < 1.29 is 14.2 Å². The molecule has 0 amide bonds. The van der Waals surface area contributed by atoms with E-state index in [-0.39, 0.29) is 17.8 Å². The van der Waals surface area contributed by atoms with Gasteiger partial charge in [0.05, 0.1) is 23.3 Å². The van der Waals surface area contributed by atoms with Gasteiger partial charge in [0.1, 0.15) is 5.82 Å². The van der Waals surface area contributed by atoms with Crippen LogP contribution in [0.1, 0.15) is 5.69 Å². The van der Waals surface area contributed by atoms with Crippen molar-refractivity contribution in [2.75, 3.05) is 7.11 Å². The van der Waals surface area contributed by atoms with Crippen LogP contribution in [0, 0.1) is 12.7 Å². The molecule has 0 aromatic carbocycles. The number of fused-ring (bicyclic) bond motifs is 1. The summed E-state index contributed by atoms with van der Waals surface area (Å²) in [6.45, 7) is 1.48. The molecule has 96 valence electrons. The van der Waals surface area contributed by atoms with Gasteiger partial charge in [-0.15, -0.1) is 0 Å². The van der Waals surface area contributed by atoms with E-state index in [1.165, 1.54) is 29.9 Å². The van der Waals surface area contributed by atoms with Gasteiger partial charge in [0.15, 0.2) is 6.29 Å². The third-order valence-corrected chi connectivity index (χ3v) is 2.71. The Balaban J connectivity index is 2.66. The molecule has 18 heavy (non-hydrogen) atoms. The minimum absolute atomic E-state index is 0.0726. The van der Waals surface area contributed by atoms with Gasteiger partial charge in [-0.3, -0.25) is 4.79 Å². The van der Waals surface area contributed by atoms with Crippen molar-refractivity contribution in [2.24, 2.45) is 0 Å². The van der Waals surface area contributed by atoms with Crippen LogP contribution in [0.3, 0.4) is 0 Å². The van der Waals surface area contributed by atoms with E-state index < -0.39 is 12.1 Å². The zero-order valence-corrected chi connectivity index (χ0v) is 10.1. The summed E-state index contributed by atoms with van der Waals surface area (Å²) in [7, 11) is 1.32. The number of halogens is 1. The van der Waals surface area contributed by atoms with Crippen LogP contribution in [0.15, 0.2) is 23.0 Å². The number of ether oxygens (including phenoxy) is 1. The number of aliphatic hydroxyl groups excluding tert-OH is 1. The number of hydrogen-bond donors (Lipinski definition) is 1. The van der Waals surface area contributed by atoms with Crippen LogP contribution in [-0.4, -0.2) is 28.1 Å². The summed E-state index contributed by atoms with van der Waals surface area (Å²) in [5.74, 6) is -0.492. The molecule has 2 heterocycles. The average molecular weight is 252 g/mol. The topological polar surface area (TPSA) is 64.3 Å². The molecule has 2 aromatic heterocycles. The Kier molecular flexibility index (Phi) is 3.40. The quantitative estimate of drug-likeness (QED) is 0.821. The van der Waals surface area contributed by atoms with Crippen LogP contribution in [0.25, 0.3) is 11.0 Å². The van der Waals surface area contributed by atoms with Crippen molar-refractivity contribution in [1.82, 2.24) is 9.55 Å². The Hall–Kier alpha value is -1.79. The van der Waals surface area contributed by atoms with Crippen LogP contribution >= 0.6 is 0 Å². The van der Waals surface area contributed by atoms with Gasteiger partial charge in [-0.2, -0.15) is 0 Å². The van der Waals surface area contributed by atoms with Gasteiger partial charge >= 0.3 is 0 Å². The Morgan fingerprint density at radius 1 is 1.56 bits per heavy atom. The van der Waals surface area contributed by atoms with Gasteiger partial charge in [-0.25, -0.2) is 9.37 Å². The number of aromatic nitrogens is 2. The second-order valence-electron chi connectivity index (χ2n) is 3.93. The Morgan fingerprint density at radius 2 is 2.28 bits per heavy atom. The molecule has 0 fully saturated rings. The SMILES string of the molecule is COC(O)Cn1c(=O)ccc2nc(C)c(F)cc21. The summed E-state index contributed by atoms with van der Waals surface area (Å²) < 4.78 is 19.4. The minimum Gasteiger partial charge on any atom is -0.366 e. The number of hydrogen-bond acceptors (Lipinski definition) is 4. The standard InChI is InChI=1S/C12H13FN2O3/c1-7-8(13)5-10-9(14-7)3-4-11(16)15(10)6-12(17)18-2/h3-5,12,17H,6H2,1-2H3. The van der Waals surface area contributed by atoms with Crippen LogP contribution in [0.4, 0.5) is 4.39 Å². The molecule has 1 atom stereocenters. The molecule has 2 aromatic rings. The molecule has 0 aliphatic heterocycles. The predicted molar refractivity (Wildman–Crippen MR) is 63.7 cm³/mol. The molecule has 0 saturated carbocycles. The number of rotatable bonds is 3. The van der Waals surface area contributed by atoms with Gasteiger partial charge in [0, 0.05) is 19.2 Å². The number of pyridine rings is 2. The smallest absolute Gasteiger partial charge is 0.251 e. The molecular formula is C12H13FN2O3. The summed E-state index contributed by atoms with van der Waals surface area (Å²) in [5.41, 5.74) is 0.752. The molecule has 0 aliphatic rings. The minimum atomic E-state index is -1.13. The maximum atomic E-state index is 13.5. The van der Waals surface area contributed by atoms with Crippen LogP contribution < -0.4 is 5.56 Å². The van der Waals surface area contributed by atoms with Crippen molar-refractivity contribution in [2.45, 2.75) is 19.8 Å². The lowest BCUT2D eigenvalue weighted by molar-refractivity contribution is -0.0832. The monoisotopic (exact) mass is 252 g/mol. The Morgan fingerprint density at radius 3 is 2.94 bits per heavy atom. The maximum absolute atomic E-state index is 13.5.